The van der Waals surface area contributed by atoms with Gasteiger partial charge in [0.25, 0.3) is 0 Å². The SMILES string of the molecule is NC(=O)c1cccc2[nH]c3c(Cc4ccccc4)c4ccccc4c(O)c3c12. The van der Waals surface area contributed by atoms with Crippen molar-refractivity contribution in [2.75, 3.05) is 0 Å². The van der Waals surface area contributed by atoms with Gasteiger partial charge in [0.1, 0.15) is 5.75 Å². The van der Waals surface area contributed by atoms with E-state index in [9.17, 15) is 9.90 Å². The maximum Gasteiger partial charge on any atom is 0.249 e. The number of phenols is 1. The van der Waals surface area contributed by atoms with E-state index in [2.05, 4.69) is 17.1 Å². The van der Waals surface area contributed by atoms with Gasteiger partial charge < -0.3 is 15.8 Å². The number of primary amides is 1. The van der Waals surface area contributed by atoms with Gasteiger partial charge in [-0.05, 0) is 28.6 Å². The van der Waals surface area contributed by atoms with E-state index >= 15 is 0 Å². The van der Waals surface area contributed by atoms with Crippen LogP contribution in [0.1, 0.15) is 21.5 Å². The number of benzene rings is 4. The molecule has 0 aliphatic heterocycles. The minimum absolute atomic E-state index is 0.169. The molecule has 0 unspecified atom stereocenters. The van der Waals surface area contributed by atoms with Gasteiger partial charge in [-0.3, -0.25) is 4.79 Å². The highest BCUT2D eigenvalue weighted by Crippen LogP contribution is 2.42. The fraction of sp³-hybridized carbons (Fsp3) is 0.0417. The van der Waals surface area contributed by atoms with E-state index in [1.54, 1.807) is 12.1 Å². The normalized spacial score (nSPS) is 11.4. The van der Waals surface area contributed by atoms with E-state index in [4.69, 9.17) is 5.73 Å². The zero-order valence-electron chi connectivity index (χ0n) is 15.1. The lowest BCUT2D eigenvalue weighted by Gasteiger charge is -2.12. The number of hydrogen-bond donors (Lipinski definition) is 3. The average Bonchev–Trinajstić information content (AvgIpc) is 3.11. The summed E-state index contributed by atoms with van der Waals surface area (Å²) in [6.07, 6.45) is 0.705. The molecule has 5 rings (SSSR count). The van der Waals surface area contributed by atoms with Crippen LogP contribution in [0.25, 0.3) is 32.6 Å². The first-order valence-corrected chi connectivity index (χ1v) is 9.16. The first-order valence-electron chi connectivity index (χ1n) is 9.16. The molecule has 4 aromatic carbocycles. The molecule has 0 fully saturated rings. The molecule has 1 amide bonds. The minimum atomic E-state index is -0.510. The fourth-order valence-electron chi connectivity index (χ4n) is 4.12. The lowest BCUT2D eigenvalue weighted by atomic mass is 9.93. The molecule has 28 heavy (non-hydrogen) atoms. The number of hydrogen-bond acceptors (Lipinski definition) is 2. The van der Waals surface area contributed by atoms with Crippen LogP contribution in [0, 0.1) is 0 Å². The molecule has 0 bridgehead atoms. The van der Waals surface area contributed by atoms with Crippen LogP contribution in [0.3, 0.4) is 0 Å². The van der Waals surface area contributed by atoms with Crippen LogP contribution in [0.15, 0.2) is 72.8 Å². The number of aromatic nitrogens is 1. The predicted octanol–water partition coefficient (Wildman–Crippen LogP) is 4.87. The highest BCUT2D eigenvalue weighted by molar-refractivity contribution is 6.23. The highest BCUT2D eigenvalue weighted by atomic mass is 16.3. The van der Waals surface area contributed by atoms with Gasteiger partial charge in [-0.25, -0.2) is 0 Å². The van der Waals surface area contributed by atoms with E-state index in [0.717, 1.165) is 27.4 Å². The molecule has 4 heteroatoms. The zero-order chi connectivity index (χ0) is 19.3. The van der Waals surface area contributed by atoms with E-state index in [0.29, 0.717) is 22.8 Å². The number of nitrogens with one attached hydrogen (secondary N) is 1. The number of phenolic OH excluding ortho intramolecular Hbond substituents is 1. The topological polar surface area (TPSA) is 79.1 Å². The number of aromatic hydroxyl groups is 1. The standard InChI is InChI=1S/C24H18N2O2/c25-24(28)17-11-6-12-19-20(17)21-22(26-19)18(13-14-7-2-1-3-8-14)15-9-4-5-10-16(15)23(21)27/h1-12,26-27H,13H2,(H2,25,28). The first-order chi connectivity index (χ1) is 13.6. The molecule has 0 aliphatic carbocycles. The highest BCUT2D eigenvalue weighted by Gasteiger charge is 2.20. The summed E-state index contributed by atoms with van der Waals surface area (Å²) in [4.78, 5) is 15.5. The van der Waals surface area contributed by atoms with E-state index < -0.39 is 5.91 Å². The Kier molecular flexibility index (Phi) is 3.59. The van der Waals surface area contributed by atoms with Crippen LogP contribution in [0.4, 0.5) is 0 Å². The lowest BCUT2D eigenvalue weighted by Crippen LogP contribution is -2.11. The van der Waals surface area contributed by atoms with Crippen LogP contribution in [0.5, 0.6) is 5.75 Å². The van der Waals surface area contributed by atoms with Crippen LogP contribution < -0.4 is 5.73 Å². The molecule has 0 radical (unpaired) electrons. The third-order valence-electron chi connectivity index (χ3n) is 5.36. The monoisotopic (exact) mass is 366 g/mol. The van der Waals surface area contributed by atoms with Gasteiger partial charge in [-0.1, -0.05) is 60.7 Å². The number of fused-ring (bicyclic) bond motifs is 4. The van der Waals surface area contributed by atoms with E-state index in [1.807, 2.05) is 48.5 Å². The molecule has 4 nitrogen and oxygen atoms in total. The van der Waals surface area contributed by atoms with Gasteiger partial charge in [0.05, 0.1) is 10.9 Å². The Hall–Kier alpha value is -3.79. The summed E-state index contributed by atoms with van der Waals surface area (Å²) in [5.41, 5.74) is 9.90. The van der Waals surface area contributed by atoms with Crippen molar-refractivity contribution in [1.82, 2.24) is 4.98 Å². The largest absolute Gasteiger partial charge is 0.507 e. The molecule has 4 N–H and O–H groups in total. The molecule has 5 aromatic rings. The van der Waals surface area contributed by atoms with Crippen molar-refractivity contribution in [1.29, 1.82) is 0 Å². The minimum Gasteiger partial charge on any atom is -0.507 e. The van der Waals surface area contributed by atoms with Gasteiger partial charge in [-0.2, -0.15) is 0 Å². The van der Waals surface area contributed by atoms with Crippen molar-refractivity contribution in [2.24, 2.45) is 5.73 Å². The zero-order valence-corrected chi connectivity index (χ0v) is 15.1. The summed E-state index contributed by atoms with van der Waals surface area (Å²) in [7, 11) is 0. The van der Waals surface area contributed by atoms with Gasteiger partial charge in [0.15, 0.2) is 0 Å². The number of nitrogens with two attached hydrogens (primary N) is 1. The second-order valence-corrected chi connectivity index (χ2v) is 7.00. The summed E-state index contributed by atoms with van der Waals surface area (Å²) in [5.74, 6) is -0.342. The third kappa shape index (κ3) is 2.35. The second kappa shape index (κ2) is 6.13. The van der Waals surface area contributed by atoms with Crippen LogP contribution in [-0.4, -0.2) is 16.0 Å². The van der Waals surface area contributed by atoms with Crippen molar-refractivity contribution in [3.05, 3.63) is 89.5 Å². The Labute approximate surface area is 161 Å². The van der Waals surface area contributed by atoms with E-state index in [-0.39, 0.29) is 5.75 Å². The van der Waals surface area contributed by atoms with Crippen LogP contribution in [-0.2, 0) is 6.42 Å². The van der Waals surface area contributed by atoms with Crippen LogP contribution >= 0.6 is 0 Å². The van der Waals surface area contributed by atoms with Gasteiger partial charge in [0, 0.05) is 28.3 Å². The number of amides is 1. The Morgan fingerprint density at radius 2 is 1.57 bits per heavy atom. The van der Waals surface area contributed by atoms with Gasteiger partial charge >= 0.3 is 0 Å². The molecule has 1 aromatic heterocycles. The number of H-pyrrole nitrogens is 1. The summed E-state index contributed by atoms with van der Waals surface area (Å²) >= 11 is 0. The average molecular weight is 366 g/mol. The Bertz CT molecular complexity index is 1370. The number of rotatable bonds is 3. The van der Waals surface area contributed by atoms with Gasteiger partial charge in [-0.15, -0.1) is 0 Å². The molecule has 0 spiro atoms. The molecule has 0 aliphatic rings. The maximum absolute atomic E-state index is 12.0. The Morgan fingerprint density at radius 1 is 0.857 bits per heavy atom. The molecular weight excluding hydrogens is 348 g/mol. The van der Waals surface area contributed by atoms with Crippen molar-refractivity contribution < 1.29 is 9.90 Å². The van der Waals surface area contributed by atoms with Crippen molar-refractivity contribution in [3.8, 4) is 5.75 Å². The van der Waals surface area contributed by atoms with Crippen molar-refractivity contribution in [2.45, 2.75) is 6.42 Å². The summed E-state index contributed by atoms with van der Waals surface area (Å²) in [6.45, 7) is 0. The molecule has 0 saturated carbocycles. The number of carbonyl (C=O) groups is 1. The van der Waals surface area contributed by atoms with Gasteiger partial charge in [0.2, 0.25) is 5.91 Å². The molecular formula is C24H18N2O2. The summed E-state index contributed by atoms with van der Waals surface area (Å²) in [5, 5.41) is 14.2. The number of aromatic amines is 1. The predicted molar refractivity (Wildman–Crippen MR) is 113 cm³/mol. The summed E-state index contributed by atoms with van der Waals surface area (Å²) in [6, 6.07) is 23.4. The Morgan fingerprint density at radius 3 is 2.32 bits per heavy atom. The third-order valence-corrected chi connectivity index (χ3v) is 5.36. The molecule has 0 saturated heterocycles. The van der Waals surface area contributed by atoms with E-state index in [1.165, 1.54) is 5.56 Å². The quantitative estimate of drug-likeness (QED) is 0.426. The van der Waals surface area contributed by atoms with Crippen molar-refractivity contribution >= 4 is 38.5 Å². The summed E-state index contributed by atoms with van der Waals surface area (Å²) < 4.78 is 0. The molecule has 136 valence electrons. The first kappa shape index (κ1) is 16.4. The molecule has 0 atom stereocenters. The molecule has 1 heterocycles. The smallest absolute Gasteiger partial charge is 0.249 e. The lowest BCUT2D eigenvalue weighted by molar-refractivity contribution is 0.100. The maximum atomic E-state index is 12.0. The Balaban J connectivity index is 1.96. The fourth-order valence-corrected chi connectivity index (χ4v) is 4.12. The second-order valence-electron chi connectivity index (χ2n) is 7.00. The van der Waals surface area contributed by atoms with Crippen LogP contribution in [0.2, 0.25) is 0 Å². The number of carbonyl (C=O) groups excluding carboxylic acids is 1. The van der Waals surface area contributed by atoms with Crippen molar-refractivity contribution in [3.63, 3.8) is 0 Å².